The van der Waals surface area contributed by atoms with Gasteiger partial charge < -0.3 is 15.0 Å². The first-order chi connectivity index (χ1) is 12.0. The van der Waals surface area contributed by atoms with E-state index in [0.717, 1.165) is 12.0 Å². The molecule has 0 unspecified atom stereocenters. The summed E-state index contributed by atoms with van der Waals surface area (Å²) in [4.78, 5) is 25.4. The molecule has 0 radical (unpaired) electrons. The van der Waals surface area contributed by atoms with E-state index < -0.39 is 0 Å². The molecule has 25 heavy (non-hydrogen) atoms. The van der Waals surface area contributed by atoms with Crippen LogP contribution >= 0.6 is 0 Å². The molecule has 1 N–H and O–H groups in total. The molecule has 0 saturated carbocycles. The standard InChI is InChI=1S/C20H24N2O3/c1-4-15-6-5-7-18(12-15)25-14-19(23)22(3)13-16-8-10-17(11-9-16)20(24)21-2/h5-12H,4,13-14H2,1-3H3,(H,21,24). The maximum Gasteiger partial charge on any atom is 0.260 e. The number of nitrogens with one attached hydrogen (secondary N) is 1. The molecule has 0 atom stereocenters. The van der Waals surface area contributed by atoms with Gasteiger partial charge in [0.1, 0.15) is 5.75 Å². The van der Waals surface area contributed by atoms with Crippen molar-refractivity contribution in [3.05, 3.63) is 65.2 Å². The van der Waals surface area contributed by atoms with Crippen LogP contribution in [0.4, 0.5) is 0 Å². The van der Waals surface area contributed by atoms with Gasteiger partial charge in [-0.2, -0.15) is 0 Å². The van der Waals surface area contributed by atoms with Gasteiger partial charge in [0.05, 0.1) is 0 Å². The molecule has 2 amide bonds. The van der Waals surface area contributed by atoms with E-state index in [1.165, 1.54) is 5.56 Å². The molecule has 0 bridgehead atoms. The number of benzene rings is 2. The zero-order chi connectivity index (χ0) is 18.2. The lowest BCUT2D eigenvalue weighted by Gasteiger charge is -2.18. The highest BCUT2D eigenvalue weighted by Crippen LogP contribution is 2.14. The van der Waals surface area contributed by atoms with Gasteiger partial charge in [-0.1, -0.05) is 31.2 Å². The summed E-state index contributed by atoms with van der Waals surface area (Å²) in [7, 11) is 3.33. The quantitative estimate of drug-likeness (QED) is 0.843. The fourth-order valence-electron chi connectivity index (χ4n) is 2.38. The average Bonchev–Trinajstić information content (AvgIpc) is 2.66. The molecule has 0 fully saturated rings. The molecule has 0 aliphatic heterocycles. The Kier molecular flexibility index (Phi) is 6.57. The molecule has 5 nitrogen and oxygen atoms in total. The number of hydrogen-bond acceptors (Lipinski definition) is 3. The second kappa shape index (κ2) is 8.87. The lowest BCUT2D eigenvalue weighted by molar-refractivity contribution is -0.132. The van der Waals surface area contributed by atoms with Crippen LogP contribution in [0, 0.1) is 0 Å². The topological polar surface area (TPSA) is 58.6 Å². The van der Waals surface area contributed by atoms with Gasteiger partial charge in [-0.15, -0.1) is 0 Å². The summed E-state index contributed by atoms with van der Waals surface area (Å²) in [5.41, 5.74) is 2.73. The normalized spacial score (nSPS) is 10.2. The van der Waals surface area contributed by atoms with Gasteiger partial charge in [0.25, 0.3) is 11.8 Å². The zero-order valence-electron chi connectivity index (χ0n) is 14.9. The molecule has 0 saturated heterocycles. The van der Waals surface area contributed by atoms with E-state index in [1.807, 2.05) is 36.4 Å². The number of carbonyl (C=O) groups is 2. The molecule has 0 heterocycles. The first kappa shape index (κ1) is 18.5. The van der Waals surface area contributed by atoms with Crippen molar-refractivity contribution in [2.75, 3.05) is 20.7 Å². The second-order valence-electron chi connectivity index (χ2n) is 5.82. The SMILES string of the molecule is CCc1cccc(OCC(=O)N(C)Cc2ccc(C(=O)NC)cc2)c1. The summed E-state index contributed by atoms with van der Waals surface area (Å²) >= 11 is 0. The first-order valence-electron chi connectivity index (χ1n) is 8.30. The minimum absolute atomic E-state index is 0.00000811. The summed E-state index contributed by atoms with van der Waals surface area (Å²) < 4.78 is 5.59. The van der Waals surface area contributed by atoms with Crippen LogP contribution in [-0.4, -0.2) is 37.4 Å². The van der Waals surface area contributed by atoms with Gasteiger partial charge in [-0.05, 0) is 41.8 Å². The van der Waals surface area contributed by atoms with Crippen molar-refractivity contribution in [1.29, 1.82) is 0 Å². The highest BCUT2D eigenvalue weighted by atomic mass is 16.5. The van der Waals surface area contributed by atoms with E-state index in [-0.39, 0.29) is 18.4 Å². The molecule has 0 aliphatic rings. The van der Waals surface area contributed by atoms with Gasteiger partial charge in [0.2, 0.25) is 0 Å². The lowest BCUT2D eigenvalue weighted by atomic mass is 10.1. The molecule has 5 heteroatoms. The summed E-state index contributed by atoms with van der Waals surface area (Å²) in [6, 6.07) is 15.0. The molecular formula is C20H24N2O3. The third-order valence-corrected chi connectivity index (χ3v) is 3.96. The number of likely N-dealkylation sites (N-methyl/N-ethyl adjacent to an activating group) is 1. The first-order valence-corrected chi connectivity index (χ1v) is 8.30. The fourth-order valence-corrected chi connectivity index (χ4v) is 2.38. The predicted octanol–water partition coefficient (Wildman–Crippen LogP) is 2.65. The molecule has 2 aromatic carbocycles. The number of nitrogens with zero attached hydrogens (tertiary/aromatic N) is 1. The number of ether oxygens (including phenoxy) is 1. The molecule has 0 aromatic heterocycles. The van der Waals surface area contributed by atoms with E-state index >= 15 is 0 Å². The summed E-state index contributed by atoms with van der Waals surface area (Å²) in [5.74, 6) is 0.479. The van der Waals surface area contributed by atoms with Gasteiger partial charge in [-0.25, -0.2) is 0 Å². The largest absolute Gasteiger partial charge is 0.484 e. The predicted molar refractivity (Wildman–Crippen MR) is 97.6 cm³/mol. The average molecular weight is 340 g/mol. The molecular weight excluding hydrogens is 316 g/mol. The molecule has 0 spiro atoms. The lowest BCUT2D eigenvalue weighted by Crippen LogP contribution is -2.31. The summed E-state index contributed by atoms with van der Waals surface area (Å²) in [6.07, 6.45) is 0.928. The molecule has 132 valence electrons. The van der Waals surface area contributed by atoms with Crippen molar-refractivity contribution in [2.24, 2.45) is 0 Å². The third-order valence-electron chi connectivity index (χ3n) is 3.96. The third kappa shape index (κ3) is 5.35. The van der Waals surface area contributed by atoms with Gasteiger partial charge in [-0.3, -0.25) is 9.59 Å². The highest BCUT2D eigenvalue weighted by Gasteiger charge is 2.11. The monoisotopic (exact) mass is 340 g/mol. The van der Waals surface area contributed by atoms with Crippen molar-refractivity contribution >= 4 is 11.8 Å². The molecule has 2 rings (SSSR count). The van der Waals surface area contributed by atoms with Crippen LogP contribution in [0.25, 0.3) is 0 Å². The Bertz CT molecular complexity index is 726. The van der Waals surface area contributed by atoms with Crippen molar-refractivity contribution in [1.82, 2.24) is 10.2 Å². The highest BCUT2D eigenvalue weighted by molar-refractivity contribution is 5.93. The van der Waals surface area contributed by atoms with Crippen LogP contribution in [0.1, 0.15) is 28.4 Å². The summed E-state index contributed by atoms with van der Waals surface area (Å²) in [5, 5.41) is 2.58. The number of carbonyl (C=O) groups excluding carboxylic acids is 2. The summed E-state index contributed by atoms with van der Waals surface area (Å²) in [6.45, 7) is 2.54. The maximum atomic E-state index is 12.2. The Morgan fingerprint density at radius 2 is 1.80 bits per heavy atom. The van der Waals surface area contributed by atoms with Gasteiger partial charge in [0, 0.05) is 26.2 Å². The Labute approximate surface area is 148 Å². The number of amides is 2. The van der Waals surface area contributed by atoms with Crippen molar-refractivity contribution < 1.29 is 14.3 Å². The smallest absolute Gasteiger partial charge is 0.260 e. The number of hydrogen-bond donors (Lipinski definition) is 1. The Balaban J connectivity index is 1.88. The van der Waals surface area contributed by atoms with Gasteiger partial charge >= 0.3 is 0 Å². The van der Waals surface area contributed by atoms with E-state index in [0.29, 0.717) is 17.9 Å². The van der Waals surface area contributed by atoms with E-state index in [1.54, 1.807) is 31.1 Å². The molecule has 0 aliphatic carbocycles. The van der Waals surface area contributed by atoms with E-state index in [9.17, 15) is 9.59 Å². The maximum absolute atomic E-state index is 12.2. The fraction of sp³-hybridized carbons (Fsp3) is 0.300. The number of rotatable bonds is 7. The zero-order valence-corrected chi connectivity index (χ0v) is 14.9. The van der Waals surface area contributed by atoms with Crippen LogP contribution < -0.4 is 10.1 Å². The molecule has 2 aromatic rings. The minimum atomic E-state index is -0.126. The Morgan fingerprint density at radius 3 is 2.44 bits per heavy atom. The van der Waals surface area contributed by atoms with Crippen LogP contribution in [0.3, 0.4) is 0 Å². The van der Waals surface area contributed by atoms with E-state index in [4.69, 9.17) is 4.74 Å². The van der Waals surface area contributed by atoms with Crippen molar-refractivity contribution in [3.8, 4) is 5.75 Å². The second-order valence-corrected chi connectivity index (χ2v) is 5.82. The number of aryl methyl sites for hydroxylation is 1. The Morgan fingerprint density at radius 1 is 1.08 bits per heavy atom. The van der Waals surface area contributed by atoms with Crippen molar-refractivity contribution in [3.63, 3.8) is 0 Å². The van der Waals surface area contributed by atoms with Crippen molar-refractivity contribution in [2.45, 2.75) is 19.9 Å². The Hall–Kier alpha value is -2.82. The van der Waals surface area contributed by atoms with E-state index in [2.05, 4.69) is 12.2 Å². The van der Waals surface area contributed by atoms with Crippen LogP contribution in [0.15, 0.2) is 48.5 Å². The van der Waals surface area contributed by atoms with Crippen LogP contribution in [0.5, 0.6) is 5.75 Å². The minimum Gasteiger partial charge on any atom is -0.484 e. The van der Waals surface area contributed by atoms with Crippen LogP contribution in [-0.2, 0) is 17.8 Å². The van der Waals surface area contributed by atoms with Crippen LogP contribution in [0.2, 0.25) is 0 Å². The van der Waals surface area contributed by atoms with Gasteiger partial charge in [0.15, 0.2) is 6.61 Å².